The highest BCUT2D eigenvalue weighted by atomic mass is 32.1. The van der Waals surface area contributed by atoms with Crippen molar-refractivity contribution in [3.05, 3.63) is 17.1 Å². The van der Waals surface area contributed by atoms with Crippen molar-refractivity contribution in [1.29, 1.82) is 0 Å². The average Bonchev–Trinajstić information content (AvgIpc) is 2.83. The van der Waals surface area contributed by atoms with Crippen LogP contribution in [0.3, 0.4) is 0 Å². The van der Waals surface area contributed by atoms with E-state index in [1.807, 2.05) is 19.1 Å². The maximum Gasteiger partial charge on any atom is 0.0907 e. The van der Waals surface area contributed by atoms with Gasteiger partial charge >= 0.3 is 0 Å². The molecule has 2 unspecified atom stereocenters. The average molecular weight is 277 g/mol. The van der Waals surface area contributed by atoms with Crippen LogP contribution in [0.2, 0.25) is 0 Å². The molecule has 19 heavy (non-hydrogen) atoms. The van der Waals surface area contributed by atoms with Crippen LogP contribution in [0.15, 0.2) is 12.1 Å². The Morgan fingerprint density at radius 3 is 3.00 bits per heavy atom. The number of thiazole rings is 1. The summed E-state index contributed by atoms with van der Waals surface area (Å²) in [6.07, 6.45) is 1.17. The largest absolute Gasteiger partial charge is 0.397 e. The molecule has 0 amide bonds. The number of anilines is 2. The topological polar surface area (TPSA) is 60.2 Å². The Balaban J connectivity index is 1.98. The number of nitrogens with zero attached hydrogens (tertiary/aromatic N) is 1. The lowest BCUT2D eigenvalue weighted by Crippen LogP contribution is -2.41. The van der Waals surface area contributed by atoms with Gasteiger partial charge in [-0.1, -0.05) is 0 Å². The molecule has 1 aromatic carbocycles. The lowest BCUT2D eigenvalue weighted by molar-refractivity contribution is 0.105. The molecule has 4 nitrogen and oxygen atoms in total. The predicted molar refractivity (Wildman–Crippen MR) is 80.8 cm³/mol. The van der Waals surface area contributed by atoms with E-state index in [9.17, 15) is 0 Å². The first-order chi connectivity index (χ1) is 8.98. The molecule has 1 aromatic heterocycles. The van der Waals surface area contributed by atoms with Crippen molar-refractivity contribution in [3.63, 3.8) is 0 Å². The normalized spacial score (nSPS) is 27.0. The van der Waals surface area contributed by atoms with Crippen LogP contribution in [-0.4, -0.2) is 23.2 Å². The third kappa shape index (κ3) is 2.17. The molecule has 0 aliphatic carbocycles. The Morgan fingerprint density at radius 2 is 2.32 bits per heavy atom. The fourth-order valence-corrected chi connectivity index (χ4v) is 3.38. The highest BCUT2D eigenvalue weighted by Crippen LogP contribution is 2.35. The first-order valence-corrected chi connectivity index (χ1v) is 7.36. The van der Waals surface area contributed by atoms with Crippen LogP contribution in [0.1, 0.15) is 25.3 Å². The van der Waals surface area contributed by atoms with E-state index >= 15 is 0 Å². The van der Waals surface area contributed by atoms with Crippen molar-refractivity contribution >= 4 is 32.9 Å². The molecule has 1 aliphatic heterocycles. The number of fused-ring (bicyclic) bond motifs is 1. The quantitative estimate of drug-likeness (QED) is 0.828. The van der Waals surface area contributed by atoms with Crippen LogP contribution in [0.25, 0.3) is 10.2 Å². The lowest BCUT2D eigenvalue weighted by Gasteiger charge is -2.30. The molecule has 3 rings (SSSR count). The Hall–Kier alpha value is -1.33. The first kappa shape index (κ1) is 12.7. The number of benzene rings is 1. The van der Waals surface area contributed by atoms with E-state index in [0.29, 0.717) is 0 Å². The van der Waals surface area contributed by atoms with Crippen LogP contribution < -0.4 is 11.1 Å². The molecule has 2 aromatic rings. The predicted octanol–water partition coefficient (Wildman–Crippen LogP) is 3.17. The summed E-state index contributed by atoms with van der Waals surface area (Å²) in [7, 11) is 0. The van der Waals surface area contributed by atoms with Gasteiger partial charge in [0.2, 0.25) is 0 Å². The molecule has 0 radical (unpaired) electrons. The molecule has 1 fully saturated rings. The fourth-order valence-electron chi connectivity index (χ4n) is 2.52. The van der Waals surface area contributed by atoms with Gasteiger partial charge < -0.3 is 15.8 Å². The summed E-state index contributed by atoms with van der Waals surface area (Å²) in [5, 5.41) is 4.62. The zero-order valence-electron chi connectivity index (χ0n) is 11.5. The van der Waals surface area contributed by atoms with E-state index in [2.05, 4.69) is 24.1 Å². The van der Waals surface area contributed by atoms with Crippen molar-refractivity contribution in [2.24, 2.45) is 0 Å². The standard InChI is InChI=1S/C14H19N3OS/c1-8-14(3,4-5-18-8)17-11-7-12-13(6-10(11)15)19-9(2)16-12/h6-8,17H,4-5,15H2,1-3H3. The van der Waals surface area contributed by atoms with Crippen LogP contribution in [0.5, 0.6) is 0 Å². The van der Waals surface area contributed by atoms with Crippen molar-refractivity contribution < 1.29 is 4.74 Å². The summed E-state index contributed by atoms with van der Waals surface area (Å²) in [5.74, 6) is 0. The Labute approximate surface area is 117 Å². The SMILES string of the molecule is Cc1nc2cc(NC3(C)CCOC3C)c(N)cc2s1. The maximum atomic E-state index is 6.15. The molecule has 2 atom stereocenters. The molecular weight excluding hydrogens is 258 g/mol. The second-order valence-corrected chi connectivity index (χ2v) is 6.68. The molecule has 1 saturated heterocycles. The number of hydrogen-bond acceptors (Lipinski definition) is 5. The molecule has 2 heterocycles. The third-order valence-electron chi connectivity index (χ3n) is 3.97. The molecule has 1 aliphatic rings. The smallest absolute Gasteiger partial charge is 0.0907 e. The summed E-state index contributed by atoms with van der Waals surface area (Å²) < 4.78 is 6.80. The summed E-state index contributed by atoms with van der Waals surface area (Å²) in [4.78, 5) is 4.52. The fraction of sp³-hybridized carbons (Fsp3) is 0.500. The molecule has 0 spiro atoms. The van der Waals surface area contributed by atoms with Gasteiger partial charge in [-0.3, -0.25) is 0 Å². The number of nitrogens with two attached hydrogens (primary N) is 1. The number of hydrogen-bond donors (Lipinski definition) is 2. The Kier molecular flexibility index (Phi) is 2.91. The number of ether oxygens (including phenoxy) is 1. The molecule has 5 heteroatoms. The van der Waals surface area contributed by atoms with Crippen LogP contribution in [0.4, 0.5) is 11.4 Å². The molecule has 102 valence electrons. The highest BCUT2D eigenvalue weighted by molar-refractivity contribution is 7.18. The van der Waals surface area contributed by atoms with Gasteiger partial charge in [0.25, 0.3) is 0 Å². The summed E-state index contributed by atoms with van der Waals surface area (Å²) in [5.41, 5.74) is 8.83. The number of nitrogens with one attached hydrogen (secondary N) is 1. The summed E-state index contributed by atoms with van der Waals surface area (Å²) in [6, 6.07) is 4.05. The van der Waals surface area contributed by atoms with Gasteiger partial charge in [0.15, 0.2) is 0 Å². The minimum Gasteiger partial charge on any atom is -0.397 e. The molecule has 0 bridgehead atoms. The van der Waals surface area contributed by atoms with E-state index in [0.717, 1.165) is 39.6 Å². The van der Waals surface area contributed by atoms with E-state index in [4.69, 9.17) is 10.5 Å². The summed E-state index contributed by atoms with van der Waals surface area (Å²) >= 11 is 1.67. The second-order valence-electron chi connectivity index (χ2n) is 5.45. The Bertz CT molecular complexity index is 624. The van der Waals surface area contributed by atoms with Gasteiger partial charge in [-0.25, -0.2) is 4.98 Å². The zero-order chi connectivity index (χ0) is 13.6. The molecule has 3 N–H and O–H groups in total. The number of aromatic nitrogens is 1. The van der Waals surface area contributed by atoms with E-state index in [1.54, 1.807) is 11.3 Å². The zero-order valence-corrected chi connectivity index (χ0v) is 12.3. The Morgan fingerprint density at radius 1 is 1.53 bits per heavy atom. The van der Waals surface area contributed by atoms with Crippen molar-refractivity contribution in [1.82, 2.24) is 4.98 Å². The highest BCUT2D eigenvalue weighted by Gasteiger charge is 2.37. The van der Waals surface area contributed by atoms with Crippen molar-refractivity contribution in [2.45, 2.75) is 38.8 Å². The van der Waals surface area contributed by atoms with Crippen LogP contribution in [0, 0.1) is 6.92 Å². The third-order valence-corrected chi connectivity index (χ3v) is 4.91. The van der Waals surface area contributed by atoms with E-state index in [-0.39, 0.29) is 11.6 Å². The monoisotopic (exact) mass is 277 g/mol. The minimum absolute atomic E-state index is 0.0626. The maximum absolute atomic E-state index is 6.15. The van der Waals surface area contributed by atoms with Gasteiger partial charge in [-0.05, 0) is 39.3 Å². The minimum atomic E-state index is -0.0626. The van der Waals surface area contributed by atoms with Crippen LogP contribution >= 0.6 is 11.3 Å². The van der Waals surface area contributed by atoms with Crippen molar-refractivity contribution in [2.75, 3.05) is 17.7 Å². The number of aryl methyl sites for hydroxylation is 1. The van der Waals surface area contributed by atoms with E-state index in [1.165, 1.54) is 0 Å². The molecular formula is C14H19N3OS. The van der Waals surface area contributed by atoms with Gasteiger partial charge in [0.05, 0.1) is 38.2 Å². The summed E-state index contributed by atoms with van der Waals surface area (Å²) in [6.45, 7) is 7.09. The van der Waals surface area contributed by atoms with Gasteiger partial charge in [-0.2, -0.15) is 0 Å². The lowest BCUT2D eigenvalue weighted by atomic mass is 9.94. The van der Waals surface area contributed by atoms with Gasteiger partial charge in [0, 0.05) is 6.61 Å². The van der Waals surface area contributed by atoms with Crippen LogP contribution in [-0.2, 0) is 4.74 Å². The second kappa shape index (κ2) is 4.35. The number of rotatable bonds is 2. The first-order valence-electron chi connectivity index (χ1n) is 6.54. The van der Waals surface area contributed by atoms with Crippen molar-refractivity contribution in [3.8, 4) is 0 Å². The van der Waals surface area contributed by atoms with E-state index < -0.39 is 0 Å². The van der Waals surface area contributed by atoms with Gasteiger partial charge in [0.1, 0.15) is 0 Å². The number of nitrogen functional groups attached to an aromatic ring is 1. The molecule has 0 saturated carbocycles. The van der Waals surface area contributed by atoms with Gasteiger partial charge in [-0.15, -0.1) is 11.3 Å².